The average molecular weight is 304 g/mol. The van der Waals surface area contributed by atoms with E-state index in [4.69, 9.17) is 4.74 Å². The van der Waals surface area contributed by atoms with E-state index in [0.29, 0.717) is 5.75 Å². The first-order valence-electron chi connectivity index (χ1n) is 6.49. The summed E-state index contributed by atoms with van der Waals surface area (Å²) in [5.41, 5.74) is 3.01. The quantitative estimate of drug-likeness (QED) is 0.682. The van der Waals surface area contributed by atoms with Crippen molar-refractivity contribution in [3.63, 3.8) is 0 Å². The Bertz CT molecular complexity index is 685. The molecule has 1 amide bonds. The third-order valence-electron chi connectivity index (χ3n) is 2.90. The number of benzene rings is 2. The van der Waals surface area contributed by atoms with Gasteiger partial charge in [-0.3, -0.25) is 4.79 Å². The molecule has 0 unspecified atom stereocenters. The van der Waals surface area contributed by atoms with Crippen molar-refractivity contribution < 1.29 is 18.3 Å². The molecule has 114 valence electrons. The number of hydrazone groups is 1. The Morgan fingerprint density at radius 2 is 1.95 bits per heavy atom. The van der Waals surface area contributed by atoms with Crippen LogP contribution in [0.4, 0.5) is 8.78 Å². The zero-order chi connectivity index (χ0) is 15.9. The van der Waals surface area contributed by atoms with Crippen molar-refractivity contribution >= 4 is 12.1 Å². The molecule has 0 aromatic heterocycles. The van der Waals surface area contributed by atoms with E-state index in [9.17, 15) is 13.6 Å². The highest BCUT2D eigenvalue weighted by molar-refractivity contribution is 5.83. The SMILES string of the molecule is COc1ccc(CC(=O)NN=Cc2cccc(F)c2F)cc1. The number of amides is 1. The fourth-order valence-electron chi connectivity index (χ4n) is 1.76. The van der Waals surface area contributed by atoms with Crippen molar-refractivity contribution in [1.82, 2.24) is 5.43 Å². The number of halogens is 2. The minimum absolute atomic E-state index is 0.0373. The number of rotatable bonds is 5. The molecule has 2 aromatic rings. The molecule has 2 rings (SSSR count). The predicted octanol–water partition coefficient (Wildman–Crippen LogP) is 2.67. The first-order valence-corrected chi connectivity index (χ1v) is 6.49. The monoisotopic (exact) mass is 304 g/mol. The summed E-state index contributed by atoms with van der Waals surface area (Å²) in [6.45, 7) is 0. The molecule has 0 atom stereocenters. The van der Waals surface area contributed by atoms with E-state index in [2.05, 4.69) is 10.5 Å². The van der Waals surface area contributed by atoms with Gasteiger partial charge >= 0.3 is 0 Å². The standard InChI is InChI=1S/C16H14F2N2O2/c1-22-13-7-5-11(6-8-13)9-15(21)20-19-10-12-3-2-4-14(17)16(12)18/h2-8,10H,9H2,1H3,(H,20,21). The largest absolute Gasteiger partial charge is 0.497 e. The van der Waals surface area contributed by atoms with Crippen LogP contribution in [-0.4, -0.2) is 19.2 Å². The summed E-state index contributed by atoms with van der Waals surface area (Å²) in [5, 5.41) is 3.62. The Morgan fingerprint density at radius 3 is 2.64 bits per heavy atom. The van der Waals surface area contributed by atoms with Crippen LogP contribution in [0.1, 0.15) is 11.1 Å². The number of nitrogens with zero attached hydrogens (tertiary/aromatic N) is 1. The van der Waals surface area contributed by atoms with Gasteiger partial charge in [0, 0.05) is 5.56 Å². The highest BCUT2D eigenvalue weighted by Crippen LogP contribution is 2.11. The Balaban J connectivity index is 1.91. The minimum atomic E-state index is -1.00. The lowest BCUT2D eigenvalue weighted by atomic mass is 10.1. The molecule has 0 spiro atoms. The van der Waals surface area contributed by atoms with Crippen LogP contribution in [0.2, 0.25) is 0 Å². The van der Waals surface area contributed by atoms with Crippen molar-refractivity contribution in [2.45, 2.75) is 6.42 Å². The smallest absolute Gasteiger partial charge is 0.244 e. The molecule has 0 radical (unpaired) electrons. The summed E-state index contributed by atoms with van der Waals surface area (Å²) in [7, 11) is 1.56. The van der Waals surface area contributed by atoms with Gasteiger partial charge in [0.05, 0.1) is 19.7 Å². The van der Waals surface area contributed by atoms with Crippen LogP contribution in [-0.2, 0) is 11.2 Å². The van der Waals surface area contributed by atoms with E-state index in [1.165, 1.54) is 12.1 Å². The molecule has 0 aliphatic heterocycles. The fraction of sp³-hybridized carbons (Fsp3) is 0.125. The Labute approximate surface area is 126 Å². The number of methoxy groups -OCH3 is 1. The van der Waals surface area contributed by atoms with Crippen molar-refractivity contribution in [3.05, 3.63) is 65.2 Å². The van der Waals surface area contributed by atoms with Gasteiger partial charge in [-0.25, -0.2) is 14.2 Å². The topological polar surface area (TPSA) is 50.7 Å². The number of ether oxygens (including phenoxy) is 1. The van der Waals surface area contributed by atoms with Crippen LogP contribution in [0.15, 0.2) is 47.6 Å². The lowest BCUT2D eigenvalue weighted by molar-refractivity contribution is -0.120. The molecule has 0 saturated heterocycles. The zero-order valence-corrected chi connectivity index (χ0v) is 11.8. The van der Waals surface area contributed by atoms with Gasteiger partial charge in [-0.05, 0) is 23.8 Å². The van der Waals surface area contributed by atoms with E-state index >= 15 is 0 Å². The molecule has 0 aliphatic rings. The van der Waals surface area contributed by atoms with E-state index in [-0.39, 0.29) is 17.9 Å². The third kappa shape index (κ3) is 4.12. The number of hydrogen-bond donors (Lipinski definition) is 1. The second kappa shape index (κ2) is 7.31. The maximum absolute atomic E-state index is 13.4. The van der Waals surface area contributed by atoms with E-state index < -0.39 is 11.6 Å². The molecule has 22 heavy (non-hydrogen) atoms. The van der Waals surface area contributed by atoms with Gasteiger partial charge in [-0.2, -0.15) is 5.10 Å². The van der Waals surface area contributed by atoms with Crippen LogP contribution < -0.4 is 10.2 Å². The maximum atomic E-state index is 13.4. The lowest BCUT2D eigenvalue weighted by Crippen LogP contribution is -2.19. The van der Waals surface area contributed by atoms with Crippen LogP contribution in [0, 0.1) is 11.6 Å². The molecule has 0 heterocycles. The second-order valence-corrected chi connectivity index (χ2v) is 4.46. The maximum Gasteiger partial charge on any atom is 0.244 e. The van der Waals surface area contributed by atoms with Crippen LogP contribution in [0.5, 0.6) is 5.75 Å². The number of carbonyl (C=O) groups excluding carboxylic acids is 1. The highest BCUT2D eigenvalue weighted by Gasteiger charge is 2.06. The molecule has 1 N–H and O–H groups in total. The zero-order valence-electron chi connectivity index (χ0n) is 11.8. The predicted molar refractivity (Wildman–Crippen MR) is 78.8 cm³/mol. The Kier molecular flexibility index (Phi) is 5.19. The Hall–Kier alpha value is -2.76. The van der Waals surface area contributed by atoms with E-state index in [1.54, 1.807) is 31.4 Å². The van der Waals surface area contributed by atoms with Gasteiger partial charge in [0.15, 0.2) is 11.6 Å². The van der Waals surface area contributed by atoms with Crippen molar-refractivity contribution in [3.8, 4) is 5.75 Å². The fourth-order valence-corrected chi connectivity index (χ4v) is 1.76. The molecule has 0 fully saturated rings. The van der Waals surface area contributed by atoms with Gasteiger partial charge in [0.1, 0.15) is 5.75 Å². The van der Waals surface area contributed by atoms with E-state index in [0.717, 1.165) is 17.8 Å². The molecular weight excluding hydrogens is 290 g/mol. The van der Waals surface area contributed by atoms with Crippen molar-refractivity contribution in [2.75, 3.05) is 7.11 Å². The van der Waals surface area contributed by atoms with Crippen LogP contribution in [0.25, 0.3) is 0 Å². The molecular formula is C16H14F2N2O2. The molecule has 4 nitrogen and oxygen atoms in total. The summed E-state index contributed by atoms with van der Waals surface area (Å²) in [4.78, 5) is 11.7. The molecule has 2 aromatic carbocycles. The minimum Gasteiger partial charge on any atom is -0.497 e. The van der Waals surface area contributed by atoms with E-state index in [1.807, 2.05) is 0 Å². The van der Waals surface area contributed by atoms with Gasteiger partial charge in [-0.15, -0.1) is 0 Å². The second-order valence-electron chi connectivity index (χ2n) is 4.46. The summed E-state index contributed by atoms with van der Waals surface area (Å²) in [6.07, 6.45) is 1.18. The van der Waals surface area contributed by atoms with Crippen LogP contribution in [0.3, 0.4) is 0 Å². The normalized spacial score (nSPS) is 10.7. The number of carbonyl (C=O) groups is 1. The van der Waals surface area contributed by atoms with Gasteiger partial charge in [0.2, 0.25) is 5.91 Å². The van der Waals surface area contributed by atoms with Crippen molar-refractivity contribution in [1.29, 1.82) is 0 Å². The van der Waals surface area contributed by atoms with Gasteiger partial charge < -0.3 is 4.74 Å². The average Bonchev–Trinajstić information content (AvgIpc) is 2.52. The number of nitrogens with one attached hydrogen (secondary N) is 1. The summed E-state index contributed by atoms with van der Waals surface area (Å²) >= 11 is 0. The molecule has 6 heteroatoms. The van der Waals surface area contributed by atoms with Gasteiger partial charge in [-0.1, -0.05) is 24.3 Å². The number of hydrogen-bond acceptors (Lipinski definition) is 3. The summed E-state index contributed by atoms with van der Waals surface area (Å²) < 4.78 is 31.4. The Morgan fingerprint density at radius 1 is 1.23 bits per heavy atom. The van der Waals surface area contributed by atoms with Crippen LogP contribution >= 0.6 is 0 Å². The van der Waals surface area contributed by atoms with Gasteiger partial charge in [0.25, 0.3) is 0 Å². The molecule has 0 saturated carbocycles. The first kappa shape index (κ1) is 15.6. The first-order chi connectivity index (χ1) is 10.6. The summed E-state index contributed by atoms with van der Waals surface area (Å²) in [6, 6.07) is 10.7. The van der Waals surface area contributed by atoms with Crippen molar-refractivity contribution in [2.24, 2.45) is 5.10 Å². The highest BCUT2D eigenvalue weighted by atomic mass is 19.2. The summed E-state index contributed by atoms with van der Waals surface area (Å²) in [5.74, 6) is -1.63. The molecule has 0 aliphatic carbocycles. The molecule has 0 bridgehead atoms. The third-order valence-corrected chi connectivity index (χ3v) is 2.90. The lowest BCUT2D eigenvalue weighted by Gasteiger charge is -2.03.